The van der Waals surface area contributed by atoms with Crippen LogP contribution < -0.4 is 19.7 Å². The van der Waals surface area contributed by atoms with Crippen molar-refractivity contribution >= 4 is 28.1 Å². The van der Waals surface area contributed by atoms with Gasteiger partial charge in [-0.25, -0.2) is 4.98 Å². The van der Waals surface area contributed by atoms with Crippen LogP contribution in [0.2, 0.25) is 0 Å². The molecule has 7 nitrogen and oxygen atoms in total. The summed E-state index contributed by atoms with van der Waals surface area (Å²) in [5, 5.41) is 3.40. The Morgan fingerprint density at radius 1 is 1.10 bits per heavy atom. The smallest absolute Gasteiger partial charge is 0.193 e. The van der Waals surface area contributed by atoms with Gasteiger partial charge in [0, 0.05) is 24.7 Å². The van der Waals surface area contributed by atoms with Crippen LogP contribution in [0.25, 0.3) is 16.6 Å². The lowest BCUT2D eigenvalue weighted by Gasteiger charge is -2.29. The normalized spacial score (nSPS) is 16.5. The molecule has 1 unspecified atom stereocenters. The third kappa shape index (κ3) is 3.26. The molecule has 1 aliphatic rings. The van der Waals surface area contributed by atoms with Crippen molar-refractivity contribution in [3.05, 3.63) is 54.1 Å². The number of rotatable bonds is 7. The predicted molar refractivity (Wildman–Crippen MR) is 118 cm³/mol. The lowest BCUT2D eigenvalue weighted by Crippen LogP contribution is -2.37. The highest BCUT2D eigenvalue weighted by Crippen LogP contribution is 2.39. The van der Waals surface area contributed by atoms with Crippen LogP contribution in [0.1, 0.15) is 26.1 Å². The number of para-hydroxylation sites is 2. The fourth-order valence-electron chi connectivity index (χ4n) is 3.93. The fraction of sp³-hybridized carbons (Fsp3) is 0.304. The molecule has 0 bridgehead atoms. The molecule has 0 amide bonds. The van der Waals surface area contributed by atoms with Gasteiger partial charge in [-0.15, -0.1) is 0 Å². The van der Waals surface area contributed by atoms with E-state index in [1.807, 2.05) is 61.2 Å². The predicted octanol–water partition coefficient (Wildman–Crippen LogP) is 3.73. The number of nitrogens with one attached hydrogen (secondary N) is 2. The first-order valence-electron chi connectivity index (χ1n) is 10.1. The van der Waals surface area contributed by atoms with Gasteiger partial charge in [-0.1, -0.05) is 19.1 Å². The Morgan fingerprint density at radius 2 is 1.80 bits per heavy atom. The summed E-state index contributed by atoms with van der Waals surface area (Å²) in [6.07, 6.45) is 0.650. The van der Waals surface area contributed by atoms with Crippen molar-refractivity contribution in [2.75, 3.05) is 25.7 Å². The number of Topliss-reactive ketones (excluding diaryl/α,β-unsaturated/α-hetero) is 1. The molecule has 0 fully saturated rings. The van der Waals surface area contributed by atoms with E-state index in [1.54, 1.807) is 14.2 Å². The molecular weight excluding hydrogens is 380 g/mol. The van der Waals surface area contributed by atoms with Gasteiger partial charge in [-0.3, -0.25) is 4.79 Å². The van der Waals surface area contributed by atoms with E-state index in [0.29, 0.717) is 35.9 Å². The molecule has 1 aliphatic heterocycles. The molecule has 7 heteroatoms. The molecule has 2 heterocycles. The molecule has 3 aromatic rings. The van der Waals surface area contributed by atoms with Gasteiger partial charge in [0.15, 0.2) is 5.78 Å². The Bertz CT molecular complexity index is 1060. The molecule has 2 N–H and O–H groups in total. The van der Waals surface area contributed by atoms with E-state index in [1.165, 1.54) is 0 Å². The number of carbonyl (C=O) groups is 1. The zero-order valence-corrected chi connectivity index (χ0v) is 17.7. The fourth-order valence-corrected chi connectivity index (χ4v) is 3.93. The topological polar surface area (TPSA) is 79.5 Å². The average Bonchev–Trinajstić information content (AvgIpc) is 3.31. The number of methoxy groups -OCH3 is 2. The van der Waals surface area contributed by atoms with Crippen LogP contribution in [0.4, 0.5) is 5.69 Å². The summed E-state index contributed by atoms with van der Waals surface area (Å²) in [7, 11) is 3.23. The zero-order valence-electron chi connectivity index (χ0n) is 17.7. The van der Waals surface area contributed by atoms with E-state index >= 15 is 0 Å². The summed E-state index contributed by atoms with van der Waals surface area (Å²) >= 11 is 0. The first-order chi connectivity index (χ1) is 14.6. The molecular formula is C23H26N4O3. The second kappa shape index (κ2) is 8.10. The number of carbonyl (C=O) groups excluding carboxylic acids is 1. The molecule has 0 aliphatic carbocycles. The van der Waals surface area contributed by atoms with Gasteiger partial charge >= 0.3 is 0 Å². The van der Waals surface area contributed by atoms with Crippen molar-refractivity contribution in [3.63, 3.8) is 0 Å². The molecule has 30 heavy (non-hydrogen) atoms. The molecule has 2 aromatic carbocycles. The van der Waals surface area contributed by atoms with Gasteiger partial charge < -0.3 is 24.7 Å². The highest BCUT2D eigenvalue weighted by Gasteiger charge is 2.41. The summed E-state index contributed by atoms with van der Waals surface area (Å²) in [5.74, 6) is 2.69. The van der Waals surface area contributed by atoms with Gasteiger partial charge in [0.25, 0.3) is 0 Å². The molecule has 1 atom stereocenters. The summed E-state index contributed by atoms with van der Waals surface area (Å²) in [4.78, 5) is 23.6. The van der Waals surface area contributed by atoms with Crippen molar-refractivity contribution in [3.8, 4) is 11.5 Å². The standard InChI is InChI=1S/C23H26N4O3/c1-5-19-21(28)20(22-25-17-9-7-8-10-18(17)26-22)23(24-6-2)27(19)14-11-15(29-3)13-16(12-14)30-4/h7-13,19,24H,5-6H2,1-4H3,(H,25,26). The number of aromatic nitrogens is 2. The Kier molecular flexibility index (Phi) is 5.35. The van der Waals surface area contributed by atoms with E-state index in [0.717, 1.165) is 22.5 Å². The summed E-state index contributed by atoms with van der Waals surface area (Å²) in [6, 6.07) is 13.1. The third-order valence-electron chi connectivity index (χ3n) is 5.31. The maximum absolute atomic E-state index is 13.5. The number of anilines is 1. The van der Waals surface area contributed by atoms with Crippen LogP contribution in [0.5, 0.6) is 11.5 Å². The van der Waals surface area contributed by atoms with Gasteiger partial charge in [0.05, 0.1) is 37.0 Å². The molecule has 0 saturated heterocycles. The van der Waals surface area contributed by atoms with Crippen LogP contribution in [-0.4, -0.2) is 42.6 Å². The minimum Gasteiger partial charge on any atom is -0.497 e. The zero-order chi connectivity index (χ0) is 21.3. The summed E-state index contributed by atoms with van der Waals surface area (Å²) in [6.45, 7) is 4.69. The van der Waals surface area contributed by atoms with E-state index in [4.69, 9.17) is 14.5 Å². The number of aromatic amines is 1. The Labute approximate surface area is 175 Å². The second-order valence-electron chi connectivity index (χ2n) is 7.09. The first-order valence-corrected chi connectivity index (χ1v) is 10.1. The highest BCUT2D eigenvalue weighted by atomic mass is 16.5. The summed E-state index contributed by atoms with van der Waals surface area (Å²) in [5.41, 5.74) is 3.13. The van der Waals surface area contributed by atoms with Crippen LogP contribution in [-0.2, 0) is 4.79 Å². The van der Waals surface area contributed by atoms with Crippen molar-refractivity contribution in [2.45, 2.75) is 26.3 Å². The summed E-state index contributed by atoms with van der Waals surface area (Å²) < 4.78 is 10.9. The number of nitrogens with zero attached hydrogens (tertiary/aromatic N) is 2. The monoisotopic (exact) mass is 406 g/mol. The molecule has 0 radical (unpaired) electrons. The Hall–Kier alpha value is -3.48. The maximum atomic E-state index is 13.5. The average molecular weight is 406 g/mol. The van der Waals surface area contributed by atoms with Crippen molar-refractivity contribution < 1.29 is 14.3 Å². The van der Waals surface area contributed by atoms with Gasteiger partial charge in [-0.05, 0) is 25.5 Å². The molecule has 0 saturated carbocycles. The quantitative estimate of drug-likeness (QED) is 0.623. The maximum Gasteiger partial charge on any atom is 0.193 e. The number of H-pyrrole nitrogens is 1. The van der Waals surface area contributed by atoms with Crippen LogP contribution in [0.3, 0.4) is 0 Å². The number of benzene rings is 2. The number of hydrogen-bond acceptors (Lipinski definition) is 6. The van der Waals surface area contributed by atoms with E-state index in [9.17, 15) is 4.79 Å². The second-order valence-corrected chi connectivity index (χ2v) is 7.09. The lowest BCUT2D eigenvalue weighted by molar-refractivity contribution is -0.114. The highest BCUT2D eigenvalue weighted by molar-refractivity contribution is 6.28. The van der Waals surface area contributed by atoms with Crippen molar-refractivity contribution in [1.82, 2.24) is 15.3 Å². The van der Waals surface area contributed by atoms with Gasteiger partial charge in [0.2, 0.25) is 0 Å². The van der Waals surface area contributed by atoms with Crippen molar-refractivity contribution in [1.29, 1.82) is 0 Å². The van der Waals surface area contributed by atoms with Gasteiger partial charge in [-0.2, -0.15) is 0 Å². The minimum atomic E-state index is -0.348. The number of ketones is 1. The SMILES string of the molecule is CCNC1=C(c2nc3ccccc3[nH]2)C(=O)C(CC)N1c1cc(OC)cc(OC)c1. The third-order valence-corrected chi connectivity index (χ3v) is 5.31. The number of hydrogen-bond donors (Lipinski definition) is 2. The Balaban J connectivity index is 1.91. The Morgan fingerprint density at radius 3 is 2.40 bits per heavy atom. The van der Waals surface area contributed by atoms with Crippen molar-refractivity contribution in [2.24, 2.45) is 0 Å². The first kappa shape index (κ1) is 19.8. The number of fused-ring (bicyclic) bond motifs is 1. The van der Waals surface area contributed by atoms with Gasteiger partial charge in [0.1, 0.15) is 28.7 Å². The van der Waals surface area contributed by atoms with Crippen LogP contribution in [0.15, 0.2) is 48.3 Å². The largest absolute Gasteiger partial charge is 0.497 e. The number of imidazole rings is 1. The minimum absolute atomic E-state index is 0.0364. The van der Waals surface area contributed by atoms with E-state index < -0.39 is 0 Å². The van der Waals surface area contributed by atoms with Crippen LogP contribution >= 0.6 is 0 Å². The molecule has 156 valence electrons. The molecule has 1 aromatic heterocycles. The lowest BCUT2D eigenvalue weighted by atomic mass is 10.1. The van der Waals surface area contributed by atoms with Crippen LogP contribution in [0, 0.1) is 0 Å². The molecule has 4 rings (SSSR count). The van der Waals surface area contributed by atoms with E-state index in [2.05, 4.69) is 10.3 Å². The number of ether oxygens (including phenoxy) is 2. The van der Waals surface area contributed by atoms with E-state index in [-0.39, 0.29) is 11.8 Å². The molecule has 0 spiro atoms.